The standard InChI is InChI=1S/C16H33N5/c1-6-17-15(9-10-20(7-2)8-3)11-16-18-13-19-21(16)12-14(4)5/h13-15,17H,6-12H2,1-5H3. The molecule has 0 fully saturated rings. The highest BCUT2D eigenvalue weighted by Gasteiger charge is 2.14. The molecule has 0 saturated heterocycles. The second-order valence-corrected chi connectivity index (χ2v) is 6.03. The number of nitrogens with zero attached hydrogens (tertiary/aromatic N) is 4. The summed E-state index contributed by atoms with van der Waals surface area (Å²) in [5.74, 6) is 1.70. The molecule has 5 nitrogen and oxygen atoms in total. The number of hydrogen-bond acceptors (Lipinski definition) is 4. The molecule has 0 aliphatic heterocycles. The number of rotatable bonds is 11. The second kappa shape index (κ2) is 9.90. The van der Waals surface area contributed by atoms with Crippen LogP contribution in [0.5, 0.6) is 0 Å². The van der Waals surface area contributed by atoms with Crippen LogP contribution in [0.3, 0.4) is 0 Å². The first-order chi connectivity index (χ1) is 10.1. The van der Waals surface area contributed by atoms with Crippen molar-refractivity contribution in [2.24, 2.45) is 5.92 Å². The maximum atomic E-state index is 4.46. The van der Waals surface area contributed by atoms with Crippen molar-refractivity contribution >= 4 is 0 Å². The molecule has 1 heterocycles. The Morgan fingerprint density at radius 2 is 1.95 bits per heavy atom. The van der Waals surface area contributed by atoms with Crippen molar-refractivity contribution in [3.8, 4) is 0 Å². The molecule has 1 unspecified atom stereocenters. The third kappa shape index (κ3) is 6.57. The number of hydrogen-bond donors (Lipinski definition) is 1. The van der Waals surface area contributed by atoms with Crippen molar-refractivity contribution in [2.75, 3.05) is 26.2 Å². The molecule has 0 aliphatic rings. The lowest BCUT2D eigenvalue weighted by molar-refractivity contribution is 0.279. The summed E-state index contributed by atoms with van der Waals surface area (Å²) < 4.78 is 2.06. The molecule has 122 valence electrons. The molecular formula is C16H33N5. The molecule has 0 bridgehead atoms. The van der Waals surface area contributed by atoms with Crippen LogP contribution in [0.15, 0.2) is 6.33 Å². The normalized spacial score (nSPS) is 13.3. The molecule has 1 N–H and O–H groups in total. The Morgan fingerprint density at radius 3 is 2.52 bits per heavy atom. The molecule has 0 spiro atoms. The number of nitrogens with one attached hydrogen (secondary N) is 1. The van der Waals surface area contributed by atoms with E-state index in [1.165, 1.54) is 0 Å². The van der Waals surface area contributed by atoms with Crippen LogP contribution in [0.25, 0.3) is 0 Å². The molecule has 5 heteroatoms. The van der Waals surface area contributed by atoms with E-state index in [-0.39, 0.29) is 0 Å². The monoisotopic (exact) mass is 295 g/mol. The Kier molecular flexibility index (Phi) is 8.54. The zero-order valence-electron chi connectivity index (χ0n) is 14.5. The summed E-state index contributed by atoms with van der Waals surface area (Å²) in [4.78, 5) is 6.93. The molecular weight excluding hydrogens is 262 g/mol. The fraction of sp³-hybridized carbons (Fsp3) is 0.875. The Morgan fingerprint density at radius 1 is 1.24 bits per heavy atom. The smallest absolute Gasteiger partial charge is 0.138 e. The van der Waals surface area contributed by atoms with Gasteiger partial charge in [-0.1, -0.05) is 34.6 Å². The minimum absolute atomic E-state index is 0.478. The van der Waals surface area contributed by atoms with Crippen molar-refractivity contribution < 1.29 is 0 Å². The summed E-state index contributed by atoms with van der Waals surface area (Å²) in [6, 6.07) is 0.478. The fourth-order valence-electron chi connectivity index (χ4n) is 2.61. The average molecular weight is 295 g/mol. The van der Waals surface area contributed by atoms with E-state index >= 15 is 0 Å². The van der Waals surface area contributed by atoms with Gasteiger partial charge in [-0.3, -0.25) is 0 Å². The first kappa shape index (κ1) is 18.1. The molecule has 1 aromatic rings. The average Bonchev–Trinajstić information content (AvgIpc) is 2.86. The largest absolute Gasteiger partial charge is 0.314 e. The Balaban J connectivity index is 2.59. The Bertz CT molecular complexity index is 370. The SMILES string of the molecule is CCNC(CCN(CC)CC)Cc1ncnn1CC(C)C. The second-order valence-electron chi connectivity index (χ2n) is 6.03. The van der Waals surface area contributed by atoms with Crippen LogP contribution in [-0.2, 0) is 13.0 Å². The Hall–Kier alpha value is -0.940. The predicted molar refractivity (Wildman–Crippen MR) is 88.4 cm³/mol. The highest BCUT2D eigenvalue weighted by Crippen LogP contribution is 2.07. The predicted octanol–water partition coefficient (Wildman–Crippen LogP) is 2.19. The van der Waals surface area contributed by atoms with Gasteiger partial charge in [0.2, 0.25) is 0 Å². The van der Waals surface area contributed by atoms with Crippen LogP contribution >= 0.6 is 0 Å². The van der Waals surface area contributed by atoms with Crippen LogP contribution in [0.2, 0.25) is 0 Å². The van der Waals surface area contributed by atoms with E-state index in [0.29, 0.717) is 12.0 Å². The third-order valence-corrected chi connectivity index (χ3v) is 3.84. The molecule has 0 amide bonds. The molecule has 1 atom stereocenters. The molecule has 1 rings (SSSR count). The van der Waals surface area contributed by atoms with Gasteiger partial charge in [0.15, 0.2) is 0 Å². The first-order valence-corrected chi connectivity index (χ1v) is 8.43. The van der Waals surface area contributed by atoms with E-state index in [9.17, 15) is 0 Å². The van der Waals surface area contributed by atoms with E-state index in [4.69, 9.17) is 0 Å². The minimum Gasteiger partial charge on any atom is -0.314 e. The summed E-state index contributed by atoms with van der Waals surface area (Å²) in [6.45, 7) is 16.4. The van der Waals surface area contributed by atoms with E-state index in [0.717, 1.165) is 51.4 Å². The van der Waals surface area contributed by atoms with Gasteiger partial charge in [-0.15, -0.1) is 0 Å². The van der Waals surface area contributed by atoms with Crippen molar-refractivity contribution in [2.45, 2.75) is 60.0 Å². The summed E-state index contributed by atoms with van der Waals surface area (Å²) in [6.07, 6.45) is 3.80. The van der Waals surface area contributed by atoms with Crippen LogP contribution in [0.1, 0.15) is 46.9 Å². The van der Waals surface area contributed by atoms with E-state index < -0.39 is 0 Å². The van der Waals surface area contributed by atoms with Gasteiger partial charge < -0.3 is 10.2 Å². The molecule has 0 aromatic carbocycles. The van der Waals surface area contributed by atoms with Gasteiger partial charge in [0.05, 0.1) is 0 Å². The quantitative estimate of drug-likeness (QED) is 0.680. The summed E-state index contributed by atoms with van der Waals surface area (Å²) in [5.41, 5.74) is 0. The van der Waals surface area contributed by atoms with Crippen LogP contribution in [0, 0.1) is 5.92 Å². The zero-order valence-corrected chi connectivity index (χ0v) is 14.5. The molecule has 0 saturated carbocycles. The van der Waals surface area contributed by atoms with E-state index in [1.807, 2.05) is 0 Å². The van der Waals surface area contributed by atoms with Gasteiger partial charge in [0, 0.05) is 19.0 Å². The van der Waals surface area contributed by atoms with Crippen LogP contribution < -0.4 is 5.32 Å². The molecule has 0 aliphatic carbocycles. The van der Waals surface area contributed by atoms with Crippen molar-refractivity contribution in [1.82, 2.24) is 25.0 Å². The Labute approximate surface area is 130 Å². The van der Waals surface area contributed by atoms with Crippen LogP contribution in [0.4, 0.5) is 0 Å². The number of aromatic nitrogens is 3. The minimum atomic E-state index is 0.478. The van der Waals surface area contributed by atoms with Crippen molar-refractivity contribution in [1.29, 1.82) is 0 Å². The summed E-state index contributed by atoms with van der Waals surface area (Å²) >= 11 is 0. The highest BCUT2D eigenvalue weighted by atomic mass is 15.3. The van der Waals surface area contributed by atoms with Gasteiger partial charge in [-0.2, -0.15) is 5.10 Å². The highest BCUT2D eigenvalue weighted by molar-refractivity contribution is 4.90. The van der Waals surface area contributed by atoms with E-state index in [2.05, 4.69) is 59.6 Å². The molecule has 1 aromatic heterocycles. The summed E-state index contributed by atoms with van der Waals surface area (Å²) in [5, 5.41) is 7.96. The van der Waals surface area contributed by atoms with Gasteiger partial charge in [-0.25, -0.2) is 9.67 Å². The maximum absolute atomic E-state index is 4.46. The molecule has 0 radical (unpaired) electrons. The number of likely N-dealkylation sites (N-methyl/N-ethyl adjacent to an activating group) is 1. The lowest BCUT2D eigenvalue weighted by Gasteiger charge is -2.23. The fourth-order valence-corrected chi connectivity index (χ4v) is 2.61. The van der Waals surface area contributed by atoms with Crippen molar-refractivity contribution in [3.05, 3.63) is 12.2 Å². The lowest BCUT2D eigenvalue weighted by Crippen LogP contribution is -2.36. The van der Waals surface area contributed by atoms with Gasteiger partial charge in [-0.05, 0) is 38.5 Å². The van der Waals surface area contributed by atoms with Gasteiger partial charge >= 0.3 is 0 Å². The van der Waals surface area contributed by atoms with Gasteiger partial charge in [0.1, 0.15) is 12.2 Å². The third-order valence-electron chi connectivity index (χ3n) is 3.84. The zero-order chi connectivity index (χ0) is 15.7. The lowest BCUT2D eigenvalue weighted by atomic mass is 10.1. The topological polar surface area (TPSA) is 46.0 Å². The summed E-state index contributed by atoms with van der Waals surface area (Å²) in [7, 11) is 0. The van der Waals surface area contributed by atoms with E-state index in [1.54, 1.807) is 6.33 Å². The van der Waals surface area contributed by atoms with Crippen molar-refractivity contribution in [3.63, 3.8) is 0 Å². The first-order valence-electron chi connectivity index (χ1n) is 8.43. The van der Waals surface area contributed by atoms with Crippen LogP contribution in [-0.4, -0.2) is 51.9 Å². The maximum Gasteiger partial charge on any atom is 0.138 e. The molecule has 21 heavy (non-hydrogen) atoms. The van der Waals surface area contributed by atoms with Gasteiger partial charge in [0.25, 0.3) is 0 Å².